The lowest BCUT2D eigenvalue weighted by Crippen LogP contribution is -2.36. The summed E-state index contributed by atoms with van der Waals surface area (Å²) in [4.78, 5) is 84.3. The number of anilines is 2. The fourth-order valence-corrected chi connectivity index (χ4v) is 5.53. The van der Waals surface area contributed by atoms with Crippen molar-refractivity contribution in [2.24, 2.45) is 0 Å². The number of benzene rings is 4. The summed E-state index contributed by atoms with van der Waals surface area (Å²) in [6.45, 7) is -0.868. The number of halogens is 3. The zero-order chi connectivity index (χ0) is 54.2. The number of methoxy groups -OCH3 is 6. The van der Waals surface area contributed by atoms with E-state index in [9.17, 15) is 38.1 Å². The van der Waals surface area contributed by atoms with Gasteiger partial charge in [-0.15, -0.1) is 0 Å². The molecule has 4 aromatic rings. The van der Waals surface area contributed by atoms with Gasteiger partial charge in [0.25, 0.3) is 0 Å². The SMILES string of the molecule is COC(=O)COc1ccccc1OCCOc1cc(C=O)ccc1N(CC(=O)OC)CC(=O)OC.COC(=O)COc1ccccc1OCCOc1ccccc1N(CC(=O)OC)CC(=O)OC.O=P(Cl)(Cl)Cl. The van der Waals surface area contributed by atoms with E-state index in [0.29, 0.717) is 52.0 Å². The second kappa shape index (κ2) is 34.3. The van der Waals surface area contributed by atoms with E-state index in [4.69, 9.17) is 47.4 Å². The third-order valence-corrected chi connectivity index (χ3v) is 8.90. The predicted molar refractivity (Wildman–Crippen MR) is 266 cm³/mol. The first kappa shape index (κ1) is 62.0. The highest BCUT2D eigenvalue weighted by Gasteiger charge is 2.22. The minimum Gasteiger partial charge on any atom is -0.488 e. The van der Waals surface area contributed by atoms with Crippen LogP contribution in [-0.4, -0.2) is 151 Å². The number of hydrogen-bond donors (Lipinski definition) is 0. The van der Waals surface area contributed by atoms with E-state index >= 15 is 0 Å². The Morgan fingerprint density at radius 3 is 1.05 bits per heavy atom. The van der Waals surface area contributed by atoms with Crippen molar-refractivity contribution in [1.29, 1.82) is 0 Å². The molecule has 0 amide bonds. The molecule has 73 heavy (non-hydrogen) atoms. The summed E-state index contributed by atoms with van der Waals surface area (Å²) < 4.78 is 71.4. The van der Waals surface area contributed by atoms with Gasteiger partial charge in [-0.2, -0.15) is 0 Å². The molecule has 0 spiro atoms. The highest BCUT2D eigenvalue weighted by molar-refractivity contribution is 8.24. The van der Waals surface area contributed by atoms with Crippen LogP contribution in [0.5, 0.6) is 34.5 Å². The summed E-state index contributed by atoms with van der Waals surface area (Å²) in [7, 11) is 7.54. The summed E-state index contributed by atoms with van der Waals surface area (Å²) in [5.41, 5.74) is 1.24. The van der Waals surface area contributed by atoms with Crippen molar-refractivity contribution in [1.82, 2.24) is 0 Å². The van der Waals surface area contributed by atoms with Crippen LogP contribution in [-0.2, 0) is 61.8 Å². The Morgan fingerprint density at radius 2 is 0.712 bits per heavy atom. The zero-order valence-corrected chi connectivity index (χ0v) is 43.6. The van der Waals surface area contributed by atoms with E-state index in [1.165, 1.54) is 64.6 Å². The van der Waals surface area contributed by atoms with E-state index in [1.54, 1.807) is 78.9 Å². The Bertz CT molecular complexity index is 2420. The van der Waals surface area contributed by atoms with Crippen LogP contribution in [0, 0.1) is 0 Å². The van der Waals surface area contributed by atoms with E-state index in [0.717, 1.165) is 0 Å². The molecule has 0 unspecified atom stereocenters. The minimum absolute atomic E-state index is 0.0466. The summed E-state index contributed by atoms with van der Waals surface area (Å²) in [6.07, 6.45) is 0.646. The first-order valence-corrected chi connectivity index (χ1v) is 25.5. The molecule has 398 valence electrons. The van der Waals surface area contributed by atoms with Crippen LogP contribution < -0.4 is 38.2 Å². The van der Waals surface area contributed by atoms with E-state index in [1.807, 2.05) is 0 Å². The molecular weight excluding hydrogens is 1050 g/mol. The summed E-state index contributed by atoms with van der Waals surface area (Å²) in [6, 6.07) is 25.2. The Morgan fingerprint density at radius 1 is 0.425 bits per heavy atom. The molecule has 0 aliphatic heterocycles. The van der Waals surface area contributed by atoms with E-state index in [2.05, 4.69) is 43.2 Å². The number of esters is 6. The number of hydrogen-bond acceptors (Lipinski definition) is 22. The standard InChI is InChI=1S/C24H27NO10.C23H27NO9.Cl3OP/c1-30-22(27)13-25(14-23(28)31-2)18-9-8-17(15-26)12-21(18)34-11-10-33-19-6-4-5-7-20(19)35-16-24(29)32-3;1-28-21(25)14-24(15-22(26)29-2)17-8-4-5-9-18(17)31-12-13-32-19-10-6-7-11-20(19)33-16-23(27)30-3;1-5(2,3)4/h4-9,12,15H,10-11,13-14,16H2,1-3H3;4-11H,12-16H2,1-3H3;. The molecule has 0 radical (unpaired) electrons. The number of nitrogens with zero attached hydrogens (tertiary/aromatic N) is 2. The lowest BCUT2D eigenvalue weighted by molar-refractivity contribution is -0.143. The van der Waals surface area contributed by atoms with Crippen molar-refractivity contribution < 1.29 is 95.0 Å². The monoisotopic (exact) mass is 1100 g/mol. The summed E-state index contributed by atoms with van der Waals surface area (Å²) in [5, 5.41) is -3.22. The van der Waals surface area contributed by atoms with Crippen LogP contribution in [0.1, 0.15) is 10.4 Å². The van der Waals surface area contributed by atoms with Crippen LogP contribution in [0.3, 0.4) is 0 Å². The minimum atomic E-state index is -3.22. The van der Waals surface area contributed by atoms with Crippen molar-refractivity contribution in [3.05, 3.63) is 96.6 Å². The fraction of sp³-hybridized carbons (Fsp3) is 0.340. The quantitative estimate of drug-likeness (QED) is 0.0208. The van der Waals surface area contributed by atoms with Gasteiger partial charge in [0.05, 0.1) is 54.0 Å². The Kier molecular flexibility index (Phi) is 29.1. The second-order valence-electron chi connectivity index (χ2n) is 13.7. The van der Waals surface area contributed by atoms with E-state index in [-0.39, 0.29) is 71.6 Å². The number of carbonyl (C=O) groups excluding carboxylic acids is 7. The van der Waals surface area contributed by atoms with Crippen LogP contribution in [0.25, 0.3) is 0 Å². The molecule has 0 bridgehead atoms. The van der Waals surface area contributed by atoms with Crippen LogP contribution >= 0.6 is 38.9 Å². The Hall–Kier alpha value is -7.13. The lowest BCUT2D eigenvalue weighted by atomic mass is 10.2. The summed E-state index contributed by atoms with van der Waals surface area (Å²) in [5.74, 6) is -0.947. The highest BCUT2D eigenvalue weighted by atomic mass is 36.0. The third-order valence-electron chi connectivity index (χ3n) is 8.90. The average molecular weight is 1100 g/mol. The average Bonchev–Trinajstić information content (AvgIpc) is 3.39. The second-order valence-corrected chi connectivity index (χ2v) is 20.4. The van der Waals surface area contributed by atoms with E-state index < -0.39 is 41.0 Å². The first-order valence-electron chi connectivity index (χ1n) is 21.1. The van der Waals surface area contributed by atoms with Gasteiger partial charge < -0.3 is 66.6 Å². The number of para-hydroxylation sites is 6. The molecule has 0 fully saturated rings. The molecule has 0 aliphatic carbocycles. The largest absolute Gasteiger partial charge is 0.488 e. The van der Waals surface area contributed by atoms with Crippen molar-refractivity contribution in [3.8, 4) is 34.5 Å². The molecule has 4 rings (SSSR count). The van der Waals surface area contributed by atoms with Gasteiger partial charge in [-0.25, -0.2) is 9.59 Å². The van der Waals surface area contributed by atoms with Crippen LogP contribution in [0.2, 0.25) is 0 Å². The van der Waals surface area contributed by atoms with Gasteiger partial charge in [-0.3, -0.25) is 28.5 Å². The van der Waals surface area contributed by atoms with Gasteiger partial charge in [0.2, 0.25) is 0 Å². The van der Waals surface area contributed by atoms with Crippen molar-refractivity contribution in [2.45, 2.75) is 0 Å². The van der Waals surface area contributed by atoms with Gasteiger partial charge >= 0.3 is 41.0 Å². The fourth-order valence-electron chi connectivity index (χ4n) is 5.53. The predicted octanol–water partition coefficient (Wildman–Crippen LogP) is 6.32. The van der Waals surface area contributed by atoms with Crippen molar-refractivity contribution >= 4 is 92.4 Å². The summed E-state index contributed by atoms with van der Waals surface area (Å²) >= 11 is 13.8. The van der Waals surface area contributed by atoms with Crippen molar-refractivity contribution in [2.75, 3.05) is 118 Å². The smallest absolute Gasteiger partial charge is 0.343 e. The lowest BCUT2D eigenvalue weighted by Gasteiger charge is -2.25. The normalized spacial score (nSPS) is 10.2. The van der Waals surface area contributed by atoms with Crippen LogP contribution in [0.15, 0.2) is 91.0 Å². The van der Waals surface area contributed by atoms with Gasteiger partial charge in [0.15, 0.2) is 36.2 Å². The van der Waals surface area contributed by atoms with Gasteiger partial charge in [-0.1, -0.05) is 36.4 Å². The highest BCUT2D eigenvalue weighted by Crippen LogP contribution is 2.61. The number of carbonyl (C=O) groups is 7. The zero-order valence-electron chi connectivity index (χ0n) is 40.4. The molecule has 0 saturated heterocycles. The van der Waals surface area contributed by atoms with Crippen LogP contribution in [0.4, 0.5) is 11.4 Å². The Balaban J connectivity index is 0.000000458. The van der Waals surface area contributed by atoms with Crippen molar-refractivity contribution in [3.63, 3.8) is 0 Å². The molecule has 4 aromatic carbocycles. The molecule has 0 heterocycles. The Labute approximate surface area is 435 Å². The molecule has 0 aliphatic rings. The molecule has 26 heteroatoms. The first-order chi connectivity index (χ1) is 34.9. The maximum Gasteiger partial charge on any atom is 0.343 e. The molecule has 0 aromatic heterocycles. The third kappa shape index (κ3) is 25.2. The van der Waals surface area contributed by atoms with Gasteiger partial charge in [0, 0.05) is 5.56 Å². The molecular formula is C47H54Cl3N2O20P. The molecule has 0 atom stereocenters. The molecule has 0 saturated carbocycles. The number of ether oxygens (including phenoxy) is 12. The maximum absolute atomic E-state index is 11.9. The number of aldehydes is 1. The maximum atomic E-state index is 11.9. The van der Waals surface area contributed by atoms with Gasteiger partial charge in [0.1, 0.15) is 70.4 Å². The number of rotatable bonds is 27. The molecule has 0 N–H and O–H groups in total. The van der Waals surface area contributed by atoms with Gasteiger partial charge in [-0.05, 0) is 88.3 Å². The molecule has 22 nitrogen and oxygen atoms in total. The topological polar surface area (TPSA) is 254 Å².